The molecule has 2 N–H and O–H groups in total. The van der Waals surface area contributed by atoms with E-state index in [9.17, 15) is 9.59 Å². The normalized spacial score (nSPS) is 15.8. The molecule has 1 aromatic heterocycles. The Labute approximate surface area is 101 Å². The second kappa shape index (κ2) is 4.02. The monoisotopic (exact) mass is 234 g/mol. The van der Waals surface area contributed by atoms with Gasteiger partial charge in [-0.1, -0.05) is 0 Å². The van der Waals surface area contributed by atoms with Crippen LogP contribution in [0.25, 0.3) is 0 Å². The second-order valence-corrected chi connectivity index (χ2v) is 5.28. The van der Waals surface area contributed by atoms with Gasteiger partial charge in [-0.25, -0.2) is 0 Å². The van der Waals surface area contributed by atoms with Gasteiger partial charge >= 0.3 is 0 Å². The summed E-state index contributed by atoms with van der Waals surface area (Å²) in [6, 6.07) is 1.86. The van der Waals surface area contributed by atoms with Crippen molar-refractivity contribution in [2.45, 2.75) is 45.1 Å². The lowest BCUT2D eigenvalue weighted by Crippen LogP contribution is -2.33. The van der Waals surface area contributed by atoms with Crippen LogP contribution in [0.2, 0.25) is 0 Å². The molecule has 0 atom stereocenters. The van der Waals surface area contributed by atoms with Crippen LogP contribution in [0.1, 0.15) is 49.2 Å². The number of fused-ring (bicyclic) bond motifs is 1. The Hall–Kier alpha value is -1.58. The van der Waals surface area contributed by atoms with E-state index in [1.807, 2.05) is 30.7 Å². The van der Waals surface area contributed by atoms with Gasteiger partial charge in [-0.15, -0.1) is 0 Å². The maximum absolute atomic E-state index is 11.7. The van der Waals surface area contributed by atoms with Crippen molar-refractivity contribution in [3.63, 3.8) is 0 Å². The van der Waals surface area contributed by atoms with Crippen LogP contribution >= 0.6 is 0 Å². The first-order valence-corrected chi connectivity index (χ1v) is 5.94. The molecule has 0 unspecified atom stereocenters. The summed E-state index contributed by atoms with van der Waals surface area (Å²) < 4.78 is 2.03. The molecule has 0 saturated carbocycles. The van der Waals surface area contributed by atoms with Crippen molar-refractivity contribution < 1.29 is 9.59 Å². The minimum absolute atomic E-state index is 0.208. The molecule has 0 bridgehead atoms. The molecular formula is C13H18N2O2. The fraction of sp³-hybridized carbons (Fsp3) is 0.538. The van der Waals surface area contributed by atoms with Crippen LogP contribution in [0, 0.1) is 0 Å². The third-order valence-electron chi connectivity index (χ3n) is 3.37. The Morgan fingerprint density at radius 1 is 1.47 bits per heavy atom. The SMILES string of the molecule is CC(C)(CC(N)=O)n1ccc2c1CCCC2=O. The number of primary amides is 1. The molecule has 92 valence electrons. The predicted octanol–water partition coefficient (Wildman–Crippen LogP) is 1.62. The summed E-state index contributed by atoms with van der Waals surface area (Å²) in [5.41, 5.74) is 6.77. The molecule has 0 aliphatic heterocycles. The Morgan fingerprint density at radius 3 is 2.82 bits per heavy atom. The van der Waals surface area contributed by atoms with Crippen LogP contribution in [0.15, 0.2) is 12.3 Å². The van der Waals surface area contributed by atoms with Gasteiger partial charge in [0.15, 0.2) is 5.78 Å². The minimum Gasteiger partial charge on any atom is -0.370 e. The molecule has 1 aromatic rings. The van der Waals surface area contributed by atoms with Gasteiger partial charge in [0.2, 0.25) is 5.91 Å². The lowest BCUT2D eigenvalue weighted by atomic mass is 9.94. The summed E-state index contributed by atoms with van der Waals surface area (Å²) >= 11 is 0. The summed E-state index contributed by atoms with van der Waals surface area (Å²) in [4.78, 5) is 22.8. The molecule has 2 rings (SSSR count). The fourth-order valence-electron chi connectivity index (χ4n) is 2.60. The van der Waals surface area contributed by atoms with Crippen molar-refractivity contribution in [1.29, 1.82) is 0 Å². The van der Waals surface area contributed by atoms with Gasteiger partial charge in [0.05, 0.1) is 0 Å². The fourth-order valence-corrected chi connectivity index (χ4v) is 2.60. The Bertz CT molecular complexity index is 472. The third kappa shape index (κ3) is 2.12. The molecule has 4 nitrogen and oxygen atoms in total. The highest BCUT2D eigenvalue weighted by Crippen LogP contribution is 2.29. The number of hydrogen-bond donors (Lipinski definition) is 1. The van der Waals surface area contributed by atoms with E-state index in [1.54, 1.807) is 0 Å². The summed E-state index contributed by atoms with van der Waals surface area (Å²) in [5, 5.41) is 0. The first-order valence-electron chi connectivity index (χ1n) is 5.94. The average Bonchev–Trinajstić information content (AvgIpc) is 2.61. The molecule has 1 aliphatic rings. The second-order valence-electron chi connectivity index (χ2n) is 5.28. The largest absolute Gasteiger partial charge is 0.370 e. The van der Waals surface area contributed by atoms with Gasteiger partial charge in [0, 0.05) is 35.8 Å². The molecule has 0 saturated heterocycles. The van der Waals surface area contributed by atoms with E-state index in [1.165, 1.54) is 0 Å². The number of rotatable bonds is 3. The molecule has 17 heavy (non-hydrogen) atoms. The van der Waals surface area contributed by atoms with E-state index in [0.717, 1.165) is 24.1 Å². The molecule has 0 radical (unpaired) electrons. The zero-order valence-electron chi connectivity index (χ0n) is 10.3. The number of nitrogens with two attached hydrogens (primary N) is 1. The highest BCUT2D eigenvalue weighted by Gasteiger charge is 2.29. The van der Waals surface area contributed by atoms with Gasteiger partial charge in [-0.05, 0) is 32.8 Å². The molecule has 0 fully saturated rings. The lowest BCUT2D eigenvalue weighted by Gasteiger charge is -2.29. The maximum Gasteiger partial charge on any atom is 0.219 e. The van der Waals surface area contributed by atoms with Crippen molar-refractivity contribution >= 4 is 11.7 Å². The van der Waals surface area contributed by atoms with Crippen LogP contribution in [0.5, 0.6) is 0 Å². The van der Waals surface area contributed by atoms with Gasteiger partial charge < -0.3 is 10.3 Å². The van der Waals surface area contributed by atoms with E-state index in [-0.39, 0.29) is 23.7 Å². The lowest BCUT2D eigenvalue weighted by molar-refractivity contribution is -0.119. The van der Waals surface area contributed by atoms with Crippen molar-refractivity contribution in [3.05, 3.63) is 23.5 Å². The quantitative estimate of drug-likeness (QED) is 0.863. The van der Waals surface area contributed by atoms with Crippen LogP contribution in [-0.2, 0) is 16.8 Å². The molecule has 0 aromatic carbocycles. The topological polar surface area (TPSA) is 65.1 Å². The van der Waals surface area contributed by atoms with Crippen LogP contribution in [0.3, 0.4) is 0 Å². The summed E-state index contributed by atoms with van der Waals surface area (Å²) in [6.07, 6.45) is 4.60. The number of carbonyl (C=O) groups is 2. The van der Waals surface area contributed by atoms with Crippen molar-refractivity contribution in [2.24, 2.45) is 5.73 Å². The van der Waals surface area contributed by atoms with E-state index in [4.69, 9.17) is 5.73 Å². The van der Waals surface area contributed by atoms with Gasteiger partial charge in [-0.2, -0.15) is 0 Å². The van der Waals surface area contributed by atoms with Crippen LogP contribution < -0.4 is 5.73 Å². The number of nitrogens with zero attached hydrogens (tertiary/aromatic N) is 1. The first-order chi connectivity index (χ1) is 7.92. The molecule has 0 spiro atoms. The van der Waals surface area contributed by atoms with Crippen LogP contribution in [0.4, 0.5) is 0 Å². The summed E-state index contributed by atoms with van der Waals surface area (Å²) in [6.45, 7) is 3.94. The minimum atomic E-state index is -0.364. The molecule has 1 heterocycles. The maximum atomic E-state index is 11.7. The Kier molecular flexibility index (Phi) is 2.81. The number of ketones is 1. The molecule has 1 amide bonds. The number of hydrogen-bond acceptors (Lipinski definition) is 2. The zero-order chi connectivity index (χ0) is 12.6. The van der Waals surface area contributed by atoms with Crippen molar-refractivity contribution in [3.8, 4) is 0 Å². The predicted molar refractivity (Wildman–Crippen MR) is 64.8 cm³/mol. The number of Topliss-reactive ketones (excluding diaryl/α,β-unsaturated/α-hetero) is 1. The third-order valence-corrected chi connectivity index (χ3v) is 3.37. The van der Waals surface area contributed by atoms with E-state index in [0.29, 0.717) is 6.42 Å². The highest BCUT2D eigenvalue weighted by atomic mass is 16.1. The van der Waals surface area contributed by atoms with Crippen LogP contribution in [-0.4, -0.2) is 16.3 Å². The molecule has 1 aliphatic carbocycles. The average molecular weight is 234 g/mol. The highest BCUT2D eigenvalue weighted by molar-refractivity contribution is 5.98. The summed E-state index contributed by atoms with van der Waals surface area (Å²) in [5.74, 6) is -0.112. The Morgan fingerprint density at radius 2 is 2.18 bits per heavy atom. The smallest absolute Gasteiger partial charge is 0.219 e. The number of aromatic nitrogens is 1. The Balaban J connectivity index is 2.40. The van der Waals surface area contributed by atoms with Gasteiger partial charge in [-0.3, -0.25) is 9.59 Å². The molecular weight excluding hydrogens is 216 g/mol. The first kappa shape index (κ1) is 11.9. The van der Waals surface area contributed by atoms with Gasteiger partial charge in [0.25, 0.3) is 0 Å². The number of amides is 1. The van der Waals surface area contributed by atoms with Crippen molar-refractivity contribution in [1.82, 2.24) is 4.57 Å². The summed E-state index contributed by atoms with van der Waals surface area (Å²) in [7, 11) is 0. The number of carbonyl (C=O) groups excluding carboxylic acids is 2. The zero-order valence-corrected chi connectivity index (χ0v) is 10.3. The standard InChI is InChI=1S/C13H18N2O2/c1-13(2,8-12(14)17)15-7-6-9-10(15)4-3-5-11(9)16/h6-7H,3-5,8H2,1-2H3,(H2,14,17). The van der Waals surface area contributed by atoms with E-state index >= 15 is 0 Å². The van der Waals surface area contributed by atoms with Gasteiger partial charge in [0.1, 0.15) is 0 Å². The van der Waals surface area contributed by atoms with Crippen molar-refractivity contribution in [2.75, 3.05) is 0 Å². The van der Waals surface area contributed by atoms with E-state index < -0.39 is 0 Å². The molecule has 4 heteroatoms. The van der Waals surface area contributed by atoms with E-state index in [2.05, 4.69) is 0 Å².